The molecule has 1 aliphatic heterocycles. The predicted molar refractivity (Wildman–Crippen MR) is 113 cm³/mol. The third-order valence-electron chi connectivity index (χ3n) is 5.68. The van der Waals surface area contributed by atoms with Crippen molar-refractivity contribution in [1.29, 1.82) is 0 Å². The van der Waals surface area contributed by atoms with E-state index in [1.165, 1.54) is 17.8 Å². The van der Waals surface area contributed by atoms with Gasteiger partial charge in [-0.25, -0.2) is 9.07 Å². The van der Waals surface area contributed by atoms with E-state index in [2.05, 4.69) is 44.4 Å². The molecule has 4 rings (SSSR count). The average molecular weight is 410 g/mol. The maximum absolute atomic E-state index is 13.2. The number of halogens is 1. The van der Waals surface area contributed by atoms with Gasteiger partial charge in [0, 0.05) is 31.9 Å². The minimum absolute atomic E-state index is 0.151. The third-order valence-corrected chi connectivity index (χ3v) is 5.68. The van der Waals surface area contributed by atoms with E-state index >= 15 is 0 Å². The molecular formula is C22H27FN6O. The molecule has 0 saturated carbocycles. The molecule has 1 aliphatic rings. The number of benzene rings is 2. The maximum Gasteiger partial charge on any atom is 0.168 e. The lowest BCUT2D eigenvalue weighted by Gasteiger charge is -2.39. The van der Waals surface area contributed by atoms with Crippen LogP contribution in [0.3, 0.4) is 0 Å². The van der Waals surface area contributed by atoms with E-state index < -0.39 is 0 Å². The number of ether oxygens (including phenoxy) is 1. The Morgan fingerprint density at radius 1 is 1.00 bits per heavy atom. The van der Waals surface area contributed by atoms with Crippen LogP contribution in [0.1, 0.15) is 30.8 Å². The lowest BCUT2D eigenvalue weighted by atomic mass is 10.1. The quantitative estimate of drug-likeness (QED) is 0.596. The summed E-state index contributed by atoms with van der Waals surface area (Å²) in [7, 11) is 1.68. The molecule has 3 aromatic rings. The molecule has 0 bridgehead atoms. The van der Waals surface area contributed by atoms with Crippen LogP contribution in [0.4, 0.5) is 10.1 Å². The molecule has 8 heteroatoms. The predicted octanol–water partition coefficient (Wildman–Crippen LogP) is 3.14. The van der Waals surface area contributed by atoms with Crippen LogP contribution in [0.2, 0.25) is 0 Å². The van der Waals surface area contributed by atoms with Gasteiger partial charge in [-0.1, -0.05) is 19.1 Å². The molecule has 0 aliphatic carbocycles. The van der Waals surface area contributed by atoms with Gasteiger partial charge in [-0.05, 0) is 58.8 Å². The molecule has 0 N–H and O–H groups in total. The van der Waals surface area contributed by atoms with Gasteiger partial charge in [0.05, 0.1) is 19.7 Å². The molecule has 1 aromatic heterocycles. The van der Waals surface area contributed by atoms with Crippen molar-refractivity contribution in [2.45, 2.75) is 25.9 Å². The molecule has 0 amide bonds. The number of methoxy groups -OCH3 is 1. The van der Waals surface area contributed by atoms with Crippen LogP contribution in [0.25, 0.3) is 0 Å². The van der Waals surface area contributed by atoms with Crippen LogP contribution in [-0.4, -0.2) is 58.4 Å². The van der Waals surface area contributed by atoms with Crippen molar-refractivity contribution in [2.75, 3.05) is 38.2 Å². The molecular weight excluding hydrogens is 383 g/mol. The largest absolute Gasteiger partial charge is 0.497 e. The zero-order valence-electron chi connectivity index (χ0n) is 17.4. The summed E-state index contributed by atoms with van der Waals surface area (Å²) in [4.78, 5) is 4.84. The highest BCUT2D eigenvalue weighted by atomic mass is 19.1. The van der Waals surface area contributed by atoms with Gasteiger partial charge in [-0.15, -0.1) is 5.10 Å². The Kier molecular flexibility index (Phi) is 6.23. The minimum atomic E-state index is -0.239. The number of hydrogen-bond acceptors (Lipinski definition) is 6. The van der Waals surface area contributed by atoms with Crippen LogP contribution in [0.5, 0.6) is 5.75 Å². The highest BCUT2D eigenvalue weighted by Crippen LogP contribution is 2.26. The van der Waals surface area contributed by atoms with E-state index in [1.807, 2.05) is 16.8 Å². The van der Waals surface area contributed by atoms with Crippen LogP contribution >= 0.6 is 0 Å². The summed E-state index contributed by atoms with van der Waals surface area (Å²) in [5, 5.41) is 12.4. The van der Waals surface area contributed by atoms with Gasteiger partial charge in [0.25, 0.3) is 0 Å². The zero-order chi connectivity index (χ0) is 20.9. The molecule has 2 heterocycles. The van der Waals surface area contributed by atoms with Crippen LogP contribution in [-0.2, 0) is 6.54 Å². The Labute approximate surface area is 176 Å². The summed E-state index contributed by atoms with van der Waals surface area (Å²) in [5.74, 6) is 1.49. The first-order chi connectivity index (χ1) is 14.7. The second-order valence-corrected chi connectivity index (χ2v) is 7.47. The van der Waals surface area contributed by atoms with E-state index in [1.54, 1.807) is 19.2 Å². The highest BCUT2D eigenvalue weighted by Gasteiger charge is 2.28. The lowest BCUT2D eigenvalue weighted by Crippen LogP contribution is -2.48. The SMILES string of the molecule is CCC(c1nnnn1Cc1ccc(F)cc1)N1CCN(c2ccc(OC)cc2)CC1. The highest BCUT2D eigenvalue weighted by molar-refractivity contribution is 5.49. The fourth-order valence-electron chi connectivity index (χ4n) is 4.01. The van der Waals surface area contributed by atoms with Crippen LogP contribution < -0.4 is 9.64 Å². The number of hydrogen-bond donors (Lipinski definition) is 0. The minimum Gasteiger partial charge on any atom is -0.497 e. The molecule has 2 aromatic carbocycles. The number of anilines is 1. The van der Waals surface area contributed by atoms with E-state index in [9.17, 15) is 4.39 Å². The van der Waals surface area contributed by atoms with Crippen molar-refractivity contribution in [3.05, 3.63) is 65.7 Å². The van der Waals surface area contributed by atoms with Gasteiger partial charge in [0.2, 0.25) is 0 Å². The van der Waals surface area contributed by atoms with Gasteiger partial charge in [0.1, 0.15) is 11.6 Å². The van der Waals surface area contributed by atoms with Gasteiger partial charge < -0.3 is 9.64 Å². The Balaban J connectivity index is 1.42. The second kappa shape index (κ2) is 9.21. The average Bonchev–Trinajstić information content (AvgIpc) is 3.24. The summed E-state index contributed by atoms with van der Waals surface area (Å²) in [6, 6.07) is 14.8. The van der Waals surface area contributed by atoms with Crippen molar-refractivity contribution in [3.8, 4) is 5.75 Å². The van der Waals surface area contributed by atoms with Gasteiger partial charge in [0.15, 0.2) is 5.82 Å². The lowest BCUT2D eigenvalue weighted by molar-refractivity contribution is 0.169. The summed E-state index contributed by atoms with van der Waals surface area (Å²) in [5.41, 5.74) is 2.19. The van der Waals surface area contributed by atoms with Crippen LogP contribution in [0.15, 0.2) is 48.5 Å². The molecule has 1 atom stereocenters. The Hall–Kier alpha value is -3.00. The van der Waals surface area contributed by atoms with Crippen LogP contribution in [0, 0.1) is 5.82 Å². The normalized spacial score (nSPS) is 15.9. The number of piperazine rings is 1. The zero-order valence-corrected chi connectivity index (χ0v) is 17.4. The van der Waals surface area contributed by atoms with E-state index in [-0.39, 0.29) is 11.9 Å². The van der Waals surface area contributed by atoms with Crippen molar-refractivity contribution in [1.82, 2.24) is 25.1 Å². The fraction of sp³-hybridized carbons (Fsp3) is 0.409. The van der Waals surface area contributed by atoms with Crippen molar-refractivity contribution in [3.63, 3.8) is 0 Å². The van der Waals surface area contributed by atoms with E-state index in [0.717, 1.165) is 49.7 Å². The topological polar surface area (TPSA) is 59.3 Å². The second-order valence-electron chi connectivity index (χ2n) is 7.47. The summed E-state index contributed by atoms with van der Waals surface area (Å²) in [6.07, 6.45) is 0.923. The monoisotopic (exact) mass is 410 g/mol. The van der Waals surface area contributed by atoms with Crippen molar-refractivity contribution in [2.24, 2.45) is 0 Å². The first kappa shape index (κ1) is 20.3. The number of rotatable bonds is 7. The van der Waals surface area contributed by atoms with Gasteiger partial charge >= 0.3 is 0 Å². The standard InChI is InChI=1S/C22H27FN6O/c1-3-21(22-24-25-26-29(22)16-17-4-6-18(23)7-5-17)28-14-12-27(13-15-28)19-8-10-20(30-2)11-9-19/h4-11,21H,3,12-16H2,1-2H3. The number of tetrazole rings is 1. The van der Waals surface area contributed by atoms with Crippen molar-refractivity contribution >= 4 is 5.69 Å². The van der Waals surface area contributed by atoms with Crippen molar-refractivity contribution < 1.29 is 9.13 Å². The molecule has 7 nitrogen and oxygen atoms in total. The Bertz CT molecular complexity index is 935. The Morgan fingerprint density at radius 3 is 2.33 bits per heavy atom. The first-order valence-corrected chi connectivity index (χ1v) is 10.3. The summed E-state index contributed by atoms with van der Waals surface area (Å²) >= 11 is 0. The van der Waals surface area contributed by atoms with E-state index in [4.69, 9.17) is 4.74 Å². The summed E-state index contributed by atoms with van der Waals surface area (Å²) in [6.45, 7) is 6.47. The number of aromatic nitrogens is 4. The molecule has 1 unspecified atom stereocenters. The maximum atomic E-state index is 13.2. The van der Waals surface area contributed by atoms with Gasteiger partial charge in [-0.2, -0.15) is 0 Å². The third kappa shape index (κ3) is 4.43. The first-order valence-electron chi connectivity index (χ1n) is 10.3. The molecule has 158 valence electrons. The van der Waals surface area contributed by atoms with Gasteiger partial charge in [-0.3, -0.25) is 4.90 Å². The molecule has 30 heavy (non-hydrogen) atoms. The molecule has 1 fully saturated rings. The fourth-order valence-corrected chi connectivity index (χ4v) is 4.01. The summed E-state index contributed by atoms with van der Waals surface area (Å²) < 4.78 is 20.3. The Morgan fingerprint density at radius 2 is 1.70 bits per heavy atom. The molecule has 0 spiro atoms. The van der Waals surface area contributed by atoms with E-state index in [0.29, 0.717) is 6.54 Å². The molecule has 1 saturated heterocycles. The number of nitrogens with zero attached hydrogens (tertiary/aromatic N) is 6. The smallest absolute Gasteiger partial charge is 0.168 e. The molecule has 0 radical (unpaired) electrons.